The summed E-state index contributed by atoms with van der Waals surface area (Å²) >= 11 is 0. The minimum Gasteiger partial charge on any atom is -0.478 e. The van der Waals surface area contributed by atoms with Gasteiger partial charge < -0.3 is 10.0 Å². The van der Waals surface area contributed by atoms with E-state index in [1.165, 1.54) is 28.6 Å². The summed E-state index contributed by atoms with van der Waals surface area (Å²) in [6.07, 6.45) is 0. The van der Waals surface area contributed by atoms with Gasteiger partial charge >= 0.3 is 5.97 Å². The summed E-state index contributed by atoms with van der Waals surface area (Å²) < 4.78 is 26.3. The monoisotopic (exact) mass is 284 g/mol. The van der Waals surface area contributed by atoms with E-state index < -0.39 is 16.0 Å². The molecule has 0 bridgehead atoms. The van der Waals surface area contributed by atoms with Gasteiger partial charge in [-0.1, -0.05) is 12.1 Å². The molecular weight excluding hydrogens is 268 g/mol. The van der Waals surface area contributed by atoms with E-state index in [-0.39, 0.29) is 10.5 Å². The van der Waals surface area contributed by atoms with Crippen molar-refractivity contribution in [3.8, 4) is 0 Å². The first kappa shape index (κ1) is 14.0. The molecule has 0 aromatic heterocycles. The number of benzene rings is 1. The van der Waals surface area contributed by atoms with Gasteiger partial charge in [0.05, 0.1) is 10.5 Å². The van der Waals surface area contributed by atoms with Crippen molar-refractivity contribution in [2.75, 3.05) is 33.2 Å². The minimum absolute atomic E-state index is 0.132. The Morgan fingerprint density at radius 2 is 1.74 bits per heavy atom. The fraction of sp³-hybridized carbons (Fsp3) is 0.417. The summed E-state index contributed by atoms with van der Waals surface area (Å²) in [6.45, 7) is 2.06. The molecule has 1 aromatic carbocycles. The van der Waals surface area contributed by atoms with Gasteiger partial charge in [0, 0.05) is 26.2 Å². The number of carbonyl (C=O) groups is 1. The highest BCUT2D eigenvalue weighted by Crippen LogP contribution is 2.21. The van der Waals surface area contributed by atoms with E-state index in [0.717, 1.165) is 0 Å². The van der Waals surface area contributed by atoms with Crippen LogP contribution in [0.2, 0.25) is 0 Å². The van der Waals surface area contributed by atoms with Crippen LogP contribution in [0.3, 0.4) is 0 Å². The van der Waals surface area contributed by atoms with Crippen LogP contribution in [0.15, 0.2) is 29.2 Å². The first-order valence-corrected chi connectivity index (χ1v) is 7.38. The smallest absolute Gasteiger partial charge is 0.337 e. The molecule has 1 N–H and O–H groups in total. The molecule has 1 saturated heterocycles. The number of aromatic carboxylic acids is 1. The maximum absolute atomic E-state index is 12.5. The molecule has 0 spiro atoms. The summed E-state index contributed by atoms with van der Waals surface area (Å²) in [5.74, 6) is -1.23. The van der Waals surface area contributed by atoms with Crippen molar-refractivity contribution in [3.63, 3.8) is 0 Å². The number of nitrogens with zero attached hydrogens (tertiary/aromatic N) is 2. The van der Waals surface area contributed by atoms with Gasteiger partial charge in [-0.2, -0.15) is 4.31 Å². The van der Waals surface area contributed by atoms with Gasteiger partial charge in [0.15, 0.2) is 0 Å². The van der Waals surface area contributed by atoms with Crippen LogP contribution in [-0.2, 0) is 10.0 Å². The molecule has 7 heteroatoms. The molecule has 0 unspecified atom stereocenters. The van der Waals surface area contributed by atoms with Crippen LogP contribution in [0.5, 0.6) is 0 Å². The molecule has 1 aliphatic heterocycles. The van der Waals surface area contributed by atoms with Crippen molar-refractivity contribution in [2.45, 2.75) is 4.90 Å². The highest BCUT2D eigenvalue weighted by Gasteiger charge is 2.30. The van der Waals surface area contributed by atoms with Crippen molar-refractivity contribution < 1.29 is 18.3 Å². The zero-order valence-electron chi connectivity index (χ0n) is 10.6. The van der Waals surface area contributed by atoms with Crippen LogP contribution in [-0.4, -0.2) is 61.9 Å². The molecule has 1 heterocycles. The van der Waals surface area contributed by atoms with Crippen molar-refractivity contribution >= 4 is 16.0 Å². The Bertz CT molecular complexity index is 577. The Morgan fingerprint density at radius 3 is 2.32 bits per heavy atom. The van der Waals surface area contributed by atoms with Gasteiger partial charge in [-0.15, -0.1) is 0 Å². The fourth-order valence-corrected chi connectivity index (χ4v) is 3.64. The largest absolute Gasteiger partial charge is 0.478 e. The van der Waals surface area contributed by atoms with Crippen molar-refractivity contribution in [1.82, 2.24) is 9.21 Å². The molecule has 0 radical (unpaired) electrons. The number of carboxylic acid groups (broad SMARTS) is 1. The molecule has 1 fully saturated rings. The second kappa shape index (κ2) is 5.28. The first-order chi connectivity index (χ1) is 8.93. The molecule has 0 atom stereocenters. The average Bonchev–Trinajstić information content (AvgIpc) is 2.39. The maximum Gasteiger partial charge on any atom is 0.337 e. The van der Waals surface area contributed by atoms with E-state index in [4.69, 9.17) is 5.11 Å². The summed E-state index contributed by atoms with van der Waals surface area (Å²) in [4.78, 5) is 13.0. The number of likely N-dealkylation sites (N-methyl/N-ethyl adjacent to an activating group) is 1. The van der Waals surface area contributed by atoms with Gasteiger partial charge in [0.2, 0.25) is 10.0 Å². The van der Waals surface area contributed by atoms with Crippen LogP contribution >= 0.6 is 0 Å². The molecule has 104 valence electrons. The fourth-order valence-electron chi connectivity index (χ4n) is 2.04. The van der Waals surface area contributed by atoms with Gasteiger partial charge in [-0.3, -0.25) is 0 Å². The maximum atomic E-state index is 12.5. The third-order valence-electron chi connectivity index (χ3n) is 3.20. The van der Waals surface area contributed by atoms with Crippen molar-refractivity contribution in [1.29, 1.82) is 0 Å². The lowest BCUT2D eigenvalue weighted by Gasteiger charge is -2.31. The second-order valence-electron chi connectivity index (χ2n) is 4.51. The summed E-state index contributed by atoms with van der Waals surface area (Å²) in [5.41, 5.74) is -0.179. The minimum atomic E-state index is -3.74. The van der Waals surface area contributed by atoms with Crippen LogP contribution in [0.25, 0.3) is 0 Å². The predicted octanol–water partition coefficient (Wildman–Crippen LogP) is 0.321. The quantitative estimate of drug-likeness (QED) is 0.865. The Morgan fingerprint density at radius 1 is 1.16 bits per heavy atom. The molecule has 2 rings (SSSR count). The topological polar surface area (TPSA) is 77.9 Å². The average molecular weight is 284 g/mol. The molecule has 0 saturated carbocycles. The van der Waals surface area contributed by atoms with Crippen molar-refractivity contribution in [2.24, 2.45) is 0 Å². The van der Waals surface area contributed by atoms with Crippen LogP contribution < -0.4 is 0 Å². The lowest BCUT2D eigenvalue weighted by atomic mass is 10.2. The zero-order chi connectivity index (χ0) is 14.0. The molecule has 0 amide bonds. The lowest BCUT2D eigenvalue weighted by molar-refractivity contribution is 0.0692. The Labute approximate surface area is 112 Å². The molecule has 1 aliphatic rings. The number of hydrogen-bond acceptors (Lipinski definition) is 4. The first-order valence-electron chi connectivity index (χ1n) is 5.94. The number of sulfonamides is 1. The van der Waals surface area contributed by atoms with E-state index in [1.807, 2.05) is 11.9 Å². The van der Waals surface area contributed by atoms with Gasteiger partial charge in [0.1, 0.15) is 0 Å². The van der Waals surface area contributed by atoms with Crippen LogP contribution in [0, 0.1) is 0 Å². The number of piperazine rings is 1. The third-order valence-corrected chi connectivity index (χ3v) is 5.15. The normalized spacial score (nSPS) is 18.4. The SMILES string of the molecule is CN1CCN(S(=O)(=O)c2ccccc2C(=O)O)CC1. The predicted molar refractivity (Wildman–Crippen MR) is 69.7 cm³/mol. The Kier molecular flexibility index (Phi) is 3.88. The van der Waals surface area contributed by atoms with Crippen LogP contribution in [0.1, 0.15) is 10.4 Å². The van der Waals surface area contributed by atoms with E-state index in [1.54, 1.807) is 0 Å². The highest BCUT2D eigenvalue weighted by molar-refractivity contribution is 7.89. The van der Waals surface area contributed by atoms with E-state index in [2.05, 4.69) is 0 Å². The number of carboxylic acids is 1. The molecule has 1 aromatic rings. The third kappa shape index (κ3) is 2.78. The molecule has 0 aliphatic carbocycles. The van der Waals surface area contributed by atoms with Gasteiger partial charge in [-0.25, -0.2) is 13.2 Å². The van der Waals surface area contributed by atoms with E-state index in [0.29, 0.717) is 26.2 Å². The number of hydrogen-bond donors (Lipinski definition) is 1. The summed E-state index contributed by atoms with van der Waals surface area (Å²) in [5, 5.41) is 9.08. The molecule has 6 nitrogen and oxygen atoms in total. The second-order valence-corrected chi connectivity index (χ2v) is 6.42. The van der Waals surface area contributed by atoms with E-state index in [9.17, 15) is 13.2 Å². The Balaban J connectivity index is 2.37. The van der Waals surface area contributed by atoms with Gasteiger partial charge in [0.25, 0.3) is 0 Å². The Hall–Kier alpha value is -1.44. The van der Waals surface area contributed by atoms with Crippen LogP contribution in [0.4, 0.5) is 0 Å². The molecule has 19 heavy (non-hydrogen) atoms. The number of rotatable bonds is 3. The summed E-state index contributed by atoms with van der Waals surface area (Å²) in [6, 6.07) is 5.71. The zero-order valence-corrected chi connectivity index (χ0v) is 11.4. The highest BCUT2D eigenvalue weighted by atomic mass is 32.2. The van der Waals surface area contributed by atoms with Gasteiger partial charge in [-0.05, 0) is 19.2 Å². The molecular formula is C12H16N2O4S. The van der Waals surface area contributed by atoms with E-state index >= 15 is 0 Å². The lowest BCUT2D eigenvalue weighted by Crippen LogP contribution is -2.47. The standard InChI is InChI=1S/C12H16N2O4S/c1-13-6-8-14(9-7-13)19(17,18)11-5-3-2-4-10(11)12(15)16/h2-5H,6-9H2,1H3,(H,15,16). The van der Waals surface area contributed by atoms with Crippen molar-refractivity contribution in [3.05, 3.63) is 29.8 Å². The summed E-state index contributed by atoms with van der Waals surface area (Å²) in [7, 11) is -1.81.